The van der Waals surface area contributed by atoms with E-state index in [1.54, 1.807) is 10.9 Å². The molecule has 1 fully saturated rings. The van der Waals surface area contributed by atoms with Crippen LogP contribution in [0.15, 0.2) is 42.7 Å². The molecule has 5 heteroatoms. The van der Waals surface area contributed by atoms with Gasteiger partial charge in [-0.25, -0.2) is 0 Å². The molecule has 0 aliphatic carbocycles. The zero-order valence-electron chi connectivity index (χ0n) is 14.6. The highest BCUT2D eigenvalue weighted by molar-refractivity contribution is 5.80. The highest BCUT2D eigenvalue weighted by Crippen LogP contribution is 2.22. The molecule has 0 radical (unpaired) electrons. The van der Waals surface area contributed by atoms with E-state index in [4.69, 9.17) is 0 Å². The van der Waals surface area contributed by atoms with E-state index in [9.17, 15) is 4.79 Å². The summed E-state index contributed by atoms with van der Waals surface area (Å²) in [6.07, 6.45) is 5.37. The van der Waals surface area contributed by atoms with Crippen molar-refractivity contribution < 1.29 is 4.79 Å². The fourth-order valence-corrected chi connectivity index (χ4v) is 3.45. The van der Waals surface area contributed by atoms with E-state index in [0.29, 0.717) is 0 Å². The molecule has 2 heterocycles. The van der Waals surface area contributed by atoms with Crippen molar-refractivity contribution in [2.24, 2.45) is 0 Å². The minimum atomic E-state index is -0.190. The molecule has 5 nitrogen and oxygen atoms in total. The fraction of sp³-hybridized carbons (Fsp3) is 0.474. The maximum Gasteiger partial charge on any atom is 0.247 e. The van der Waals surface area contributed by atoms with Crippen LogP contribution in [-0.2, 0) is 4.79 Å². The van der Waals surface area contributed by atoms with Gasteiger partial charge >= 0.3 is 0 Å². The molecular weight excluding hydrogens is 300 g/mol. The molecule has 128 valence electrons. The molecule has 0 unspecified atom stereocenters. The second-order valence-corrected chi connectivity index (χ2v) is 6.36. The summed E-state index contributed by atoms with van der Waals surface area (Å²) in [5.41, 5.74) is 2.58. The van der Waals surface area contributed by atoms with Gasteiger partial charge in [0.25, 0.3) is 0 Å². The quantitative estimate of drug-likeness (QED) is 0.867. The van der Waals surface area contributed by atoms with Crippen molar-refractivity contribution in [3.63, 3.8) is 0 Å². The van der Waals surface area contributed by atoms with Gasteiger partial charge in [-0.05, 0) is 37.5 Å². The van der Waals surface area contributed by atoms with Gasteiger partial charge in [0.2, 0.25) is 5.91 Å². The topological polar surface area (TPSA) is 41.4 Å². The van der Waals surface area contributed by atoms with Crippen LogP contribution in [0.1, 0.15) is 31.4 Å². The van der Waals surface area contributed by atoms with Crippen molar-refractivity contribution in [3.05, 3.63) is 48.3 Å². The maximum absolute atomic E-state index is 12.9. The number of rotatable bonds is 4. The van der Waals surface area contributed by atoms with Gasteiger partial charge in [-0.15, -0.1) is 0 Å². The summed E-state index contributed by atoms with van der Waals surface area (Å²) in [6, 6.07) is 10.2. The van der Waals surface area contributed by atoms with E-state index in [2.05, 4.69) is 41.2 Å². The van der Waals surface area contributed by atoms with Crippen LogP contribution >= 0.6 is 0 Å². The molecule has 0 bridgehead atoms. The minimum Gasteiger partial charge on any atom is -0.369 e. The molecular formula is C19H26N4O. The van der Waals surface area contributed by atoms with Crippen LogP contribution in [0.2, 0.25) is 0 Å². The first-order valence-electron chi connectivity index (χ1n) is 8.79. The van der Waals surface area contributed by atoms with Gasteiger partial charge in [-0.2, -0.15) is 5.10 Å². The Kier molecular flexibility index (Phi) is 5.18. The predicted octanol–water partition coefficient (Wildman–Crippen LogP) is 2.88. The van der Waals surface area contributed by atoms with Crippen LogP contribution in [-0.4, -0.2) is 46.8 Å². The summed E-state index contributed by atoms with van der Waals surface area (Å²) in [7, 11) is 0. The first-order valence-corrected chi connectivity index (χ1v) is 8.79. The molecule has 1 aromatic carbocycles. The summed E-state index contributed by atoms with van der Waals surface area (Å²) in [4.78, 5) is 17.3. The Morgan fingerprint density at radius 3 is 2.71 bits per heavy atom. The smallest absolute Gasteiger partial charge is 0.247 e. The van der Waals surface area contributed by atoms with Gasteiger partial charge in [0, 0.05) is 44.3 Å². The van der Waals surface area contributed by atoms with E-state index < -0.39 is 0 Å². The van der Waals surface area contributed by atoms with Gasteiger partial charge in [0.1, 0.15) is 6.04 Å². The second-order valence-electron chi connectivity index (χ2n) is 6.36. The molecule has 0 N–H and O–H groups in total. The molecule has 1 aromatic heterocycles. The van der Waals surface area contributed by atoms with Crippen LogP contribution in [0.4, 0.5) is 5.69 Å². The summed E-state index contributed by atoms with van der Waals surface area (Å²) < 4.78 is 1.78. The molecule has 1 atom stereocenters. The maximum atomic E-state index is 12.9. The van der Waals surface area contributed by atoms with Crippen LogP contribution in [0.5, 0.6) is 0 Å². The Morgan fingerprint density at radius 1 is 1.17 bits per heavy atom. The molecule has 1 aliphatic heterocycles. The van der Waals surface area contributed by atoms with Crippen molar-refractivity contribution in [1.82, 2.24) is 14.7 Å². The number of carbonyl (C=O) groups excluding carboxylic acids is 1. The van der Waals surface area contributed by atoms with Gasteiger partial charge in [0.15, 0.2) is 0 Å². The number of amides is 1. The number of carbonyl (C=O) groups is 1. The molecule has 3 rings (SSSR count). The normalized spacial score (nSPS) is 16.8. The Hall–Kier alpha value is -2.30. The van der Waals surface area contributed by atoms with E-state index in [1.165, 1.54) is 11.3 Å². The largest absolute Gasteiger partial charge is 0.369 e. The number of anilines is 1. The van der Waals surface area contributed by atoms with E-state index in [-0.39, 0.29) is 11.9 Å². The zero-order valence-corrected chi connectivity index (χ0v) is 14.6. The summed E-state index contributed by atoms with van der Waals surface area (Å²) in [6.45, 7) is 7.65. The monoisotopic (exact) mass is 326 g/mol. The van der Waals surface area contributed by atoms with E-state index in [0.717, 1.165) is 39.0 Å². The minimum absolute atomic E-state index is 0.188. The van der Waals surface area contributed by atoms with Gasteiger partial charge < -0.3 is 9.80 Å². The van der Waals surface area contributed by atoms with Crippen molar-refractivity contribution in [2.45, 2.75) is 32.7 Å². The number of hydrogen-bond acceptors (Lipinski definition) is 3. The van der Waals surface area contributed by atoms with Crippen molar-refractivity contribution >= 4 is 11.6 Å². The third kappa shape index (κ3) is 3.45. The Labute approximate surface area is 143 Å². The number of nitrogens with zero attached hydrogens (tertiary/aromatic N) is 4. The first kappa shape index (κ1) is 16.6. The number of aromatic nitrogens is 2. The molecule has 1 aliphatic rings. The lowest BCUT2D eigenvalue weighted by Crippen LogP contribution is -2.40. The number of hydrogen-bond donors (Lipinski definition) is 0. The lowest BCUT2D eigenvalue weighted by Gasteiger charge is -2.27. The highest BCUT2D eigenvalue weighted by atomic mass is 16.2. The third-order valence-electron chi connectivity index (χ3n) is 4.78. The molecule has 2 aromatic rings. The van der Waals surface area contributed by atoms with Gasteiger partial charge in [-0.1, -0.05) is 25.1 Å². The molecule has 0 saturated carbocycles. The SMILES string of the molecule is CC[C@H](C(=O)N1CCCN(c2ccccc2C)CC1)n1cccn1. The Bertz CT molecular complexity index is 668. The number of benzene rings is 1. The Balaban J connectivity index is 1.69. The fourth-order valence-electron chi connectivity index (χ4n) is 3.45. The first-order chi connectivity index (χ1) is 11.7. The van der Waals surface area contributed by atoms with Crippen molar-refractivity contribution in [2.75, 3.05) is 31.1 Å². The summed E-state index contributed by atoms with van der Waals surface area (Å²) in [5.74, 6) is 0.188. The summed E-state index contributed by atoms with van der Waals surface area (Å²) >= 11 is 0. The predicted molar refractivity (Wildman–Crippen MR) is 96.1 cm³/mol. The van der Waals surface area contributed by atoms with E-state index >= 15 is 0 Å². The summed E-state index contributed by atoms with van der Waals surface area (Å²) in [5, 5.41) is 4.26. The second kappa shape index (κ2) is 7.51. The zero-order chi connectivity index (χ0) is 16.9. The van der Waals surface area contributed by atoms with Crippen LogP contribution in [0, 0.1) is 6.92 Å². The average molecular weight is 326 g/mol. The molecule has 24 heavy (non-hydrogen) atoms. The standard InChI is InChI=1S/C19H26N4O/c1-3-17(23-13-6-10-20-23)19(24)22-12-7-11-21(14-15-22)18-9-5-4-8-16(18)2/h4-6,8-10,13,17H,3,7,11-12,14-15H2,1-2H3/t17-/m1/s1. The third-order valence-corrected chi connectivity index (χ3v) is 4.78. The lowest BCUT2D eigenvalue weighted by molar-refractivity contribution is -0.135. The average Bonchev–Trinajstić information content (AvgIpc) is 3.00. The van der Waals surface area contributed by atoms with Crippen LogP contribution in [0.3, 0.4) is 0 Å². The van der Waals surface area contributed by atoms with Crippen molar-refractivity contribution in [3.8, 4) is 0 Å². The highest BCUT2D eigenvalue weighted by Gasteiger charge is 2.26. The van der Waals surface area contributed by atoms with Crippen molar-refractivity contribution in [1.29, 1.82) is 0 Å². The number of para-hydroxylation sites is 1. The molecule has 1 saturated heterocycles. The molecule has 1 amide bonds. The lowest BCUT2D eigenvalue weighted by atomic mass is 10.2. The van der Waals surface area contributed by atoms with Crippen LogP contribution < -0.4 is 4.90 Å². The Morgan fingerprint density at radius 2 is 2.00 bits per heavy atom. The number of aryl methyl sites for hydroxylation is 1. The molecule has 0 spiro atoms. The van der Waals surface area contributed by atoms with E-state index in [1.807, 2.05) is 24.1 Å². The van der Waals surface area contributed by atoms with Gasteiger partial charge in [-0.3, -0.25) is 9.48 Å². The van der Waals surface area contributed by atoms with Crippen LogP contribution in [0.25, 0.3) is 0 Å². The van der Waals surface area contributed by atoms with Gasteiger partial charge in [0.05, 0.1) is 0 Å².